The minimum absolute atomic E-state index is 0.0192. The van der Waals surface area contributed by atoms with Crippen molar-refractivity contribution in [3.05, 3.63) is 52.4 Å². The van der Waals surface area contributed by atoms with Gasteiger partial charge < -0.3 is 0 Å². The number of pyridine rings is 1. The predicted molar refractivity (Wildman–Crippen MR) is 76.0 cm³/mol. The fourth-order valence-electron chi connectivity index (χ4n) is 2.03. The molecule has 2 heterocycles. The number of fused-ring (bicyclic) bond motifs is 1. The van der Waals surface area contributed by atoms with Crippen molar-refractivity contribution in [2.75, 3.05) is 0 Å². The first-order valence-electron chi connectivity index (χ1n) is 5.65. The van der Waals surface area contributed by atoms with Gasteiger partial charge in [-0.2, -0.15) is 0 Å². The van der Waals surface area contributed by atoms with Crippen LogP contribution in [-0.2, 0) is 5.88 Å². The lowest BCUT2D eigenvalue weighted by Gasteiger charge is -2.10. The highest BCUT2D eigenvalue weighted by molar-refractivity contribution is 9.10. The normalized spacial score (nSPS) is 11.2. The number of aromatic nitrogens is 3. The zero-order valence-corrected chi connectivity index (χ0v) is 12.3. The summed E-state index contributed by atoms with van der Waals surface area (Å²) in [4.78, 5) is 8.36. The van der Waals surface area contributed by atoms with Crippen LogP contribution in [0.25, 0.3) is 16.9 Å². The molecule has 0 fully saturated rings. The Kier molecular flexibility index (Phi) is 3.43. The zero-order valence-electron chi connectivity index (χ0n) is 9.95. The van der Waals surface area contributed by atoms with Crippen LogP contribution in [0.3, 0.4) is 0 Å². The highest BCUT2D eigenvalue weighted by atomic mass is 79.9. The molecule has 0 aliphatic heterocycles. The van der Waals surface area contributed by atoms with Gasteiger partial charge in [-0.1, -0.05) is 15.9 Å². The lowest BCUT2D eigenvalue weighted by molar-refractivity contribution is 0.567. The van der Waals surface area contributed by atoms with E-state index >= 15 is 0 Å². The Hall–Kier alpha value is -1.53. The van der Waals surface area contributed by atoms with Gasteiger partial charge in [0.15, 0.2) is 17.3 Å². The van der Waals surface area contributed by atoms with Crippen molar-refractivity contribution >= 4 is 38.7 Å². The molecule has 3 aromatic rings. The quantitative estimate of drug-likeness (QED) is 0.643. The van der Waals surface area contributed by atoms with E-state index in [1.165, 1.54) is 22.9 Å². The lowest BCUT2D eigenvalue weighted by atomic mass is 10.3. The van der Waals surface area contributed by atoms with Crippen LogP contribution >= 0.6 is 27.5 Å². The maximum atomic E-state index is 14.1. The van der Waals surface area contributed by atoms with Gasteiger partial charge in [0, 0.05) is 10.7 Å². The summed E-state index contributed by atoms with van der Waals surface area (Å²) in [6, 6.07) is 5.78. The van der Waals surface area contributed by atoms with Crippen LogP contribution in [0.1, 0.15) is 5.82 Å². The molecule has 0 amide bonds. The molecule has 0 spiro atoms. The Labute approximate surface area is 126 Å². The topological polar surface area (TPSA) is 30.7 Å². The van der Waals surface area contributed by atoms with E-state index < -0.39 is 11.6 Å². The highest BCUT2D eigenvalue weighted by Crippen LogP contribution is 2.27. The van der Waals surface area contributed by atoms with Crippen LogP contribution in [-0.4, -0.2) is 14.5 Å². The molecule has 3 rings (SSSR count). The Morgan fingerprint density at radius 2 is 1.95 bits per heavy atom. The number of hydrogen-bond donors (Lipinski definition) is 0. The number of alkyl halides is 1. The third kappa shape index (κ3) is 2.09. The number of rotatable bonds is 2. The maximum absolute atomic E-state index is 14.1. The van der Waals surface area contributed by atoms with E-state index in [1.54, 1.807) is 12.1 Å². The van der Waals surface area contributed by atoms with Crippen molar-refractivity contribution in [1.29, 1.82) is 0 Å². The van der Waals surface area contributed by atoms with Gasteiger partial charge in [-0.3, -0.25) is 4.57 Å². The van der Waals surface area contributed by atoms with E-state index in [2.05, 4.69) is 25.9 Å². The molecule has 0 unspecified atom stereocenters. The summed E-state index contributed by atoms with van der Waals surface area (Å²) in [6.45, 7) is 0. The first kappa shape index (κ1) is 13.5. The van der Waals surface area contributed by atoms with Crippen LogP contribution < -0.4 is 0 Å². The highest BCUT2D eigenvalue weighted by Gasteiger charge is 2.19. The van der Waals surface area contributed by atoms with Crippen LogP contribution in [0.5, 0.6) is 0 Å². The summed E-state index contributed by atoms with van der Waals surface area (Å²) in [5.41, 5.74) is 0.665. The molecule has 2 aromatic heterocycles. The summed E-state index contributed by atoms with van der Waals surface area (Å²) >= 11 is 8.87. The number of halogens is 4. The number of nitrogens with zero attached hydrogens (tertiary/aromatic N) is 3. The molecular weight excluding hydrogens is 352 g/mol. The summed E-state index contributed by atoms with van der Waals surface area (Å²) in [5.74, 6) is -1.08. The SMILES string of the molecule is Fc1cc(Br)cc(F)c1-n1c(CCl)nc2cccnc21. The second-order valence-electron chi connectivity index (χ2n) is 4.06. The Morgan fingerprint density at radius 3 is 2.60 bits per heavy atom. The first-order valence-corrected chi connectivity index (χ1v) is 6.98. The molecule has 102 valence electrons. The molecule has 0 aliphatic rings. The van der Waals surface area contributed by atoms with E-state index in [0.717, 1.165) is 0 Å². The average molecular weight is 359 g/mol. The Balaban J connectivity index is 2.40. The lowest BCUT2D eigenvalue weighted by Crippen LogP contribution is -2.06. The second kappa shape index (κ2) is 5.10. The predicted octanol–water partition coefficient (Wildman–Crippen LogP) is 4.20. The summed E-state index contributed by atoms with van der Waals surface area (Å²) < 4.78 is 29.9. The standard InChI is InChI=1S/C13H7BrClF2N3/c14-7-4-8(16)12(9(17)5-7)20-11(6-15)19-10-2-1-3-18-13(10)20/h1-5H,6H2. The molecule has 3 nitrogen and oxygen atoms in total. The number of benzene rings is 1. The van der Waals surface area contributed by atoms with Gasteiger partial charge in [0.2, 0.25) is 0 Å². The Bertz CT molecular complexity index is 780. The van der Waals surface area contributed by atoms with Crippen molar-refractivity contribution in [1.82, 2.24) is 14.5 Å². The van der Waals surface area contributed by atoms with E-state index in [4.69, 9.17) is 11.6 Å². The summed E-state index contributed by atoms with van der Waals surface area (Å²) in [5, 5.41) is 0. The molecule has 0 radical (unpaired) electrons. The maximum Gasteiger partial charge on any atom is 0.164 e. The molecule has 0 atom stereocenters. The third-order valence-corrected chi connectivity index (χ3v) is 3.51. The van der Waals surface area contributed by atoms with Crippen LogP contribution in [0.15, 0.2) is 34.9 Å². The van der Waals surface area contributed by atoms with Gasteiger partial charge in [-0.15, -0.1) is 11.6 Å². The molecule has 0 aliphatic carbocycles. The van der Waals surface area contributed by atoms with Crippen molar-refractivity contribution in [3.63, 3.8) is 0 Å². The van der Waals surface area contributed by atoms with Gasteiger partial charge in [-0.05, 0) is 24.3 Å². The van der Waals surface area contributed by atoms with Gasteiger partial charge in [0.25, 0.3) is 0 Å². The van der Waals surface area contributed by atoms with Gasteiger partial charge >= 0.3 is 0 Å². The second-order valence-corrected chi connectivity index (χ2v) is 5.24. The third-order valence-electron chi connectivity index (χ3n) is 2.81. The largest absolute Gasteiger partial charge is 0.274 e. The van der Waals surface area contributed by atoms with Crippen LogP contribution in [0, 0.1) is 11.6 Å². The van der Waals surface area contributed by atoms with E-state index in [9.17, 15) is 8.78 Å². The molecule has 0 N–H and O–H groups in total. The summed E-state index contributed by atoms with van der Waals surface area (Å²) in [7, 11) is 0. The van der Waals surface area contributed by atoms with Gasteiger partial charge in [-0.25, -0.2) is 18.7 Å². The van der Waals surface area contributed by atoms with Crippen molar-refractivity contribution in [3.8, 4) is 5.69 Å². The smallest absolute Gasteiger partial charge is 0.164 e. The molecule has 1 aromatic carbocycles. The molecular formula is C13H7BrClF2N3. The van der Waals surface area contributed by atoms with E-state index in [1.807, 2.05) is 0 Å². The first-order chi connectivity index (χ1) is 9.61. The average Bonchev–Trinajstić information content (AvgIpc) is 2.76. The number of hydrogen-bond acceptors (Lipinski definition) is 2. The molecule has 0 saturated carbocycles. The number of imidazole rings is 1. The van der Waals surface area contributed by atoms with E-state index in [0.29, 0.717) is 21.5 Å². The minimum atomic E-state index is -0.715. The Morgan fingerprint density at radius 1 is 1.25 bits per heavy atom. The monoisotopic (exact) mass is 357 g/mol. The fourth-order valence-corrected chi connectivity index (χ4v) is 2.61. The zero-order chi connectivity index (χ0) is 14.3. The van der Waals surface area contributed by atoms with E-state index in [-0.39, 0.29) is 11.6 Å². The molecule has 20 heavy (non-hydrogen) atoms. The van der Waals surface area contributed by atoms with Gasteiger partial charge in [0.1, 0.15) is 17.0 Å². The van der Waals surface area contributed by atoms with Crippen molar-refractivity contribution in [2.24, 2.45) is 0 Å². The minimum Gasteiger partial charge on any atom is -0.274 e. The van der Waals surface area contributed by atoms with Crippen molar-refractivity contribution in [2.45, 2.75) is 5.88 Å². The molecule has 0 saturated heterocycles. The molecule has 7 heteroatoms. The van der Waals surface area contributed by atoms with Crippen LogP contribution in [0.2, 0.25) is 0 Å². The van der Waals surface area contributed by atoms with Crippen molar-refractivity contribution < 1.29 is 8.78 Å². The van der Waals surface area contributed by atoms with Gasteiger partial charge in [0.05, 0.1) is 5.88 Å². The van der Waals surface area contributed by atoms with Crippen LogP contribution in [0.4, 0.5) is 8.78 Å². The molecule has 0 bridgehead atoms. The fraction of sp³-hybridized carbons (Fsp3) is 0.0769. The summed E-state index contributed by atoms with van der Waals surface area (Å²) in [6.07, 6.45) is 1.53.